The van der Waals surface area contributed by atoms with Crippen LogP contribution in [0.15, 0.2) is 84.9 Å². The van der Waals surface area contributed by atoms with Crippen molar-refractivity contribution in [2.75, 3.05) is 13.2 Å². The summed E-state index contributed by atoms with van der Waals surface area (Å²) >= 11 is 0. The quantitative estimate of drug-likeness (QED) is 0.516. The van der Waals surface area contributed by atoms with Gasteiger partial charge in [-0.15, -0.1) is 13.8 Å². The van der Waals surface area contributed by atoms with Gasteiger partial charge in [0.15, 0.2) is 0 Å². The zero-order chi connectivity index (χ0) is 18.7. The van der Waals surface area contributed by atoms with Crippen LogP contribution in [0.2, 0.25) is 0 Å². The topological polar surface area (TPSA) is 47.1 Å². The first-order chi connectivity index (χ1) is 13.4. The number of nitriles is 1. The molecule has 1 aliphatic rings. The molecule has 0 N–H and O–H groups in total. The fraction of sp³-hybridized carbons (Fsp3) is 0.174. The van der Waals surface area contributed by atoms with Crippen molar-refractivity contribution < 1.29 is 23.6 Å². The maximum Gasteiger partial charge on any atom is 1.00 e. The average molecular weight is 380 g/mol. The van der Waals surface area contributed by atoms with Gasteiger partial charge in [0.1, 0.15) is 0 Å². The van der Waals surface area contributed by atoms with Crippen LogP contribution in [0.3, 0.4) is 0 Å². The molecule has 1 heterocycles. The molecule has 0 radical (unpaired) electrons. The molecule has 1 saturated heterocycles. The minimum atomic E-state index is -0.875. The van der Waals surface area contributed by atoms with Gasteiger partial charge in [0.2, 0.25) is 0 Å². The van der Waals surface area contributed by atoms with Gasteiger partial charge in [-0.25, -0.2) is 0 Å². The van der Waals surface area contributed by atoms with Crippen molar-refractivity contribution in [3.8, 4) is 6.07 Å². The van der Waals surface area contributed by atoms with Gasteiger partial charge in [0, 0.05) is 18.8 Å². The molecule has 3 aromatic carbocycles. The van der Waals surface area contributed by atoms with Crippen LogP contribution in [0.4, 0.5) is 5.69 Å². The molecule has 3 aromatic rings. The second kappa shape index (κ2) is 12.4. The van der Waals surface area contributed by atoms with E-state index >= 15 is 0 Å². The minimum absolute atomic E-state index is 0. The maximum atomic E-state index is 9.27. The van der Waals surface area contributed by atoms with Gasteiger partial charge < -0.3 is 9.82 Å². The third-order valence-electron chi connectivity index (χ3n) is 4.06. The predicted molar refractivity (Wildman–Crippen MR) is 113 cm³/mol. The number of hydrogen-bond donors (Lipinski definition) is 0. The molecule has 0 atom stereocenters. The maximum absolute atomic E-state index is 9.27. The summed E-state index contributed by atoms with van der Waals surface area (Å²) in [5, 5.41) is 16.5. The largest absolute Gasteiger partial charge is 1.00 e. The van der Waals surface area contributed by atoms with Gasteiger partial charge in [-0.2, -0.15) is 5.26 Å². The zero-order valence-corrected chi connectivity index (χ0v) is 17.1. The Morgan fingerprint density at radius 2 is 1.25 bits per heavy atom. The molecule has 4 rings (SSSR count). The Labute approximate surface area is 180 Å². The molecule has 0 amide bonds. The minimum Gasteiger partial charge on any atom is -0.652 e. The monoisotopic (exact) mass is 380 g/mol. The van der Waals surface area contributed by atoms with E-state index < -0.39 is 8.07 Å². The van der Waals surface area contributed by atoms with Crippen LogP contribution in [-0.2, 0) is 4.74 Å². The van der Waals surface area contributed by atoms with E-state index in [4.69, 9.17) is 9.82 Å². The second-order valence-corrected chi connectivity index (χ2v) is 7.89. The number of nitrogens with zero attached hydrogens (tertiary/aromatic N) is 2. The van der Waals surface area contributed by atoms with Crippen LogP contribution in [0.25, 0.3) is 5.09 Å². The standard InChI is InChI=1S/C19H14N2P.C4H8O.Li/c20-15-16-9-7-8-14-19(16)21-22(17-10-3-1-4-11-17)18-12-5-2-6-13-18;1-2-4-5-3-1;/h1-14H;1-4H2;/q-1;;+1. The second-order valence-electron chi connectivity index (χ2n) is 6.03. The Kier molecular flexibility index (Phi) is 9.85. The molecule has 3 nitrogen and oxygen atoms in total. The van der Waals surface area contributed by atoms with Crippen LogP contribution >= 0.6 is 8.07 Å². The first-order valence-corrected chi connectivity index (χ1v) is 10.4. The molecule has 1 aliphatic heterocycles. The Hall–Kier alpha value is -2.06. The van der Waals surface area contributed by atoms with Crippen LogP contribution in [0.1, 0.15) is 18.4 Å². The molecular weight excluding hydrogens is 358 g/mol. The summed E-state index contributed by atoms with van der Waals surface area (Å²) in [6, 6.07) is 30.2. The van der Waals surface area contributed by atoms with Gasteiger partial charge in [-0.05, 0) is 29.5 Å². The first-order valence-electron chi connectivity index (χ1n) is 9.07. The zero-order valence-electron chi connectivity index (χ0n) is 16.2. The molecule has 0 bridgehead atoms. The molecule has 0 aromatic heterocycles. The fourth-order valence-electron chi connectivity index (χ4n) is 2.68. The molecule has 136 valence electrons. The third kappa shape index (κ3) is 6.52. The van der Waals surface area contributed by atoms with Crippen molar-refractivity contribution in [2.45, 2.75) is 12.8 Å². The van der Waals surface area contributed by atoms with Crippen molar-refractivity contribution in [3.05, 3.63) is 95.6 Å². The van der Waals surface area contributed by atoms with Crippen LogP contribution in [0, 0.1) is 11.3 Å². The van der Waals surface area contributed by atoms with Crippen LogP contribution < -0.4 is 29.5 Å². The molecule has 0 spiro atoms. The van der Waals surface area contributed by atoms with E-state index in [9.17, 15) is 5.26 Å². The Bertz CT molecular complexity index is 817. The predicted octanol–water partition coefficient (Wildman–Crippen LogP) is 2.41. The van der Waals surface area contributed by atoms with E-state index in [2.05, 4.69) is 30.3 Å². The number of rotatable bonds is 4. The number of benzene rings is 3. The third-order valence-corrected chi connectivity index (χ3v) is 6.05. The molecule has 0 unspecified atom stereocenters. The van der Waals surface area contributed by atoms with Crippen molar-refractivity contribution in [1.29, 1.82) is 5.26 Å². The Morgan fingerprint density at radius 3 is 1.71 bits per heavy atom. The van der Waals surface area contributed by atoms with E-state index in [0.717, 1.165) is 18.9 Å². The van der Waals surface area contributed by atoms with Crippen molar-refractivity contribution in [2.24, 2.45) is 0 Å². The molecule has 5 heteroatoms. The summed E-state index contributed by atoms with van der Waals surface area (Å²) in [4.78, 5) is 0. The van der Waals surface area contributed by atoms with Gasteiger partial charge in [0.25, 0.3) is 0 Å². The van der Waals surface area contributed by atoms with Crippen LogP contribution in [-0.4, -0.2) is 13.2 Å². The fourth-order valence-corrected chi connectivity index (χ4v) is 4.50. The smallest absolute Gasteiger partial charge is 0.652 e. The van der Waals surface area contributed by atoms with Crippen molar-refractivity contribution in [3.63, 3.8) is 0 Å². The summed E-state index contributed by atoms with van der Waals surface area (Å²) in [5.41, 5.74) is 1.37. The molecule has 1 fully saturated rings. The summed E-state index contributed by atoms with van der Waals surface area (Å²) in [7, 11) is -0.875. The van der Waals surface area contributed by atoms with Gasteiger partial charge in [0.05, 0.1) is 6.07 Å². The SMILES string of the molecule is C1CCOC1.N#Cc1ccccc1[N-]P(c1ccccc1)c1ccccc1.[Li+]. The normalized spacial score (nSPS) is 12.3. The van der Waals surface area contributed by atoms with E-state index in [1.807, 2.05) is 60.7 Å². The van der Waals surface area contributed by atoms with Gasteiger partial charge in [-0.3, -0.25) is 0 Å². The van der Waals surface area contributed by atoms with Crippen molar-refractivity contribution in [1.82, 2.24) is 0 Å². The van der Waals surface area contributed by atoms with Gasteiger partial charge >= 0.3 is 18.9 Å². The number of hydrogen-bond acceptors (Lipinski definition) is 2. The Balaban J connectivity index is 0.000000408. The summed E-state index contributed by atoms with van der Waals surface area (Å²) in [6.45, 7) is 2.00. The van der Waals surface area contributed by atoms with E-state index in [-0.39, 0.29) is 18.9 Å². The number of ether oxygens (including phenoxy) is 1. The molecule has 0 saturated carbocycles. The van der Waals surface area contributed by atoms with Crippen LogP contribution in [0.5, 0.6) is 0 Å². The molecule has 0 aliphatic carbocycles. The van der Waals surface area contributed by atoms with E-state index in [1.54, 1.807) is 0 Å². The first kappa shape index (κ1) is 22.2. The van der Waals surface area contributed by atoms with Gasteiger partial charge in [-0.1, -0.05) is 78.9 Å². The van der Waals surface area contributed by atoms with E-state index in [1.165, 1.54) is 23.5 Å². The molecule has 28 heavy (non-hydrogen) atoms. The molecular formula is C23H22LiN2OP. The Morgan fingerprint density at radius 1 is 0.750 bits per heavy atom. The van der Waals surface area contributed by atoms with Crippen molar-refractivity contribution >= 4 is 24.4 Å². The average Bonchev–Trinajstić information content (AvgIpc) is 3.34. The summed E-state index contributed by atoms with van der Waals surface area (Å²) in [5.74, 6) is 0. The van der Waals surface area contributed by atoms with E-state index in [0.29, 0.717) is 5.56 Å². The summed E-state index contributed by atoms with van der Waals surface area (Å²) < 4.78 is 4.94. The summed E-state index contributed by atoms with van der Waals surface area (Å²) in [6.07, 6.45) is 2.56.